The number of likely N-dealkylation sites (N-methyl/N-ethyl adjacent to an activating group) is 1. The second kappa shape index (κ2) is 8.78. The average molecular weight is 461 g/mol. The van der Waals surface area contributed by atoms with Crippen LogP contribution < -0.4 is 19.7 Å². The predicted octanol–water partition coefficient (Wildman–Crippen LogP) is 3.67. The van der Waals surface area contributed by atoms with Gasteiger partial charge in [-0.1, -0.05) is 49.3 Å². The van der Waals surface area contributed by atoms with E-state index in [0.29, 0.717) is 34.0 Å². The number of hydrogen-bond donors (Lipinski definition) is 0. The largest absolute Gasteiger partial charge is 0.494 e. The third kappa shape index (κ3) is 3.70. The molecule has 8 heteroatoms. The van der Waals surface area contributed by atoms with Gasteiger partial charge in [0.25, 0.3) is 11.5 Å². The van der Waals surface area contributed by atoms with Crippen molar-refractivity contribution in [3.63, 3.8) is 0 Å². The number of nitrogens with zero attached hydrogens (tertiary/aromatic N) is 4. The molecule has 7 nitrogen and oxygen atoms in total. The Morgan fingerprint density at radius 3 is 2.52 bits per heavy atom. The number of unbranched alkanes of at least 4 members (excludes halogenated alkanes) is 2. The molecule has 1 amide bonds. The molecule has 0 saturated heterocycles. The Labute approximate surface area is 194 Å². The van der Waals surface area contributed by atoms with Crippen LogP contribution in [0.15, 0.2) is 53.3 Å². The van der Waals surface area contributed by atoms with Gasteiger partial charge in [0, 0.05) is 17.7 Å². The first kappa shape index (κ1) is 21.3. The first-order chi connectivity index (χ1) is 16.1. The number of fused-ring (bicyclic) bond motifs is 2. The van der Waals surface area contributed by atoms with E-state index in [4.69, 9.17) is 4.74 Å². The molecule has 3 heterocycles. The maximum absolute atomic E-state index is 13.2. The van der Waals surface area contributed by atoms with Crippen LogP contribution in [0.4, 0.5) is 5.69 Å². The van der Waals surface area contributed by atoms with E-state index < -0.39 is 0 Å². The summed E-state index contributed by atoms with van der Waals surface area (Å²) in [5, 5.41) is 4.44. The molecule has 0 spiro atoms. The fraction of sp³-hybridized carbons (Fsp3) is 0.280. The minimum atomic E-state index is -0.319. The summed E-state index contributed by atoms with van der Waals surface area (Å²) in [4.78, 5) is 33.0. The third-order valence-electron chi connectivity index (χ3n) is 5.75. The van der Waals surface area contributed by atoms with Crippen LogP contribution in [0.3, 0.4) is 0 Å². The number of ether oxygens (including phenoxy) is 1. The molecular weight excluding hydrogens is 436 g/mol. The monoisotopic (exact) mass is 460 g/mol. The van der Waals surface area contributed by atoms with Crippen molar-refractivity contribution in [2.24, 2.45) is 0 Å². The summed E-state index contributed by atoms with van der Waals surface area (Å²) in [5.41, 5.74) is 2.53. The average Bonchev–Trinajstić information content (AvgIpc) is 3.47. The van der Waals surface area contributed by atoms with Crippen LogP contribution in [0.25, 0.3) is 21.9 Å². The summed E-state index contributed by atoms with van der Waals surface area (Å²) in [6, 6.07) is 15.1. The first-order valence-electron chi connectivity index (χ1n) is 11.2. The number of para-hydroxylation sites is 1. The number of carbonyl (C=O) groups excluding carboxylic acids is 1. The van der Waals surface area contributed by atoms with Gasteiger partial charge >= 0.3 is 0 Å². The van der Waals surface area contributed by atoms with Gasteiger partial charge in [-0.15, -0.1) is 5.10 Å². The molecule has 5 rings (SSSR count). The van der Waals surface area contributed by atoms with Crippen molar-refractivity contribution in [3.8, 4) is 17.1 Å². The minimum absolute atomic E-state index is 0.157. The highest BCUT2D eigenvalue weighted by Gasteiger charge is 2.33. The standard InChI is InChI=1S/C25H24N4O3S/c1-3-5-8-15-32-17-13-11-16(12-14-17)22-26-25-29(27-22)24(31)21(33-25)20-18-9-6-7-10-19(18)28(4-2)23(20)30/h6-7,9-14H,3-5,8,15H2,1-2H3/b21-20-. The topological polar surface area (TPSA) is 76.8 Å². The van der Waals surface area contributed by atoms with E-state index in [0.717, 1.165) is 41.8 Å². The summed E-state index contributed by atoms with van der Waals surface area (Å²) < 4.78 is 7.43. The predicted molar refractivity (Wildman–Crippen MR) is 130 cm³/mol. The highest BCUT2D eigenvalue weighted by molar-refractivity contribution is 7.15. The quantitative estimate of drug-likeness (QED) is 0.393. The zero-order valence-corrected chi connectivity index (χ0v) is 19.4. The maximum Gasteiger partial charge on any atom is 0.291 e. The molecule has 168 valence electrons. The van der Waals surface area contributed by atoms with Crippen molar-refractivity contribution in [1.29, 1.82) is 0 Å². The highest BCUT2D eigenvalue weighted by Crippen LogP contribution is 2.34. The van der Waals surface area contributed by atoms with Gasteiger partial charge in [-0.3, -0.25) is 9.59 Å². The van der Waals surface area contributed by atoms with E-state index >= 15 is 0 Å². The highest BCUT2D eigenvalue weighted by atomic mass is 32.1. The maximum atomic E-state index is 13.2. The number of benzene rings is 2. The molecule has 0 atom stereocenters. The SMILES string of the molecule is CCCCCOc1ccc(-c2nc3s/c(=C4\C(=O)N(CC)c5ccccc54)c(=O)n3n2)cc1. The summed E-state index contributed by atoms with van der Waals surface area (Å²) >= 11 is 1.20. The minimum Gasteiger partial charge on any atom is -0.494 e. The fourth-order valence-corrected chi connectivity index (χ4v) is 5.06. The summed E-state index contributed by atoms with van der Waals surface area (Å²) in [7, 11) is 0. The molecule has 2 aromatic heterocycles. The zero-order valence-electron chi connectivity index (χ0n) is 18.6. The zero-order chi connectivity index (χ0) is 22.9. The molecule has 1 aliphatic heterocycles. The number of aromatic nitrogens is 3. The van der Waals surface area contributed by atoms with Gasteiger partial charge in [0.2, 0.25) is 4.96 Å². The van der Waals surface area contributed by atoms with Crippen molar-refractivity contribution < 1.29 is 9.53 Å². The van der Waals surface area contributed by atoms with Crippen molar-refractivity contribution >= 4 is 33.5 Å². The first-order valence-corrected chi connectivity index (χ1v) is 12.0. The molecule has 0 aliphatic carbocycles. The lowest BCUT2D eigenvalue weighted by Gasteiger charge is -2.13. The fourth-order valence-electron chi connectivity index (χ4n) is 4.06. The van der Waals surface area contributed by atoms with Gasteiger partial charge in [0.1, 0.15) is 10.3 Å². The van der Waals surface area contributed by atoms with Gasteiger partial charge in [-0.05, 0) is 43.7 Å². The van der Waals surface area contributed by atoms with Crippen molar-refractivity contribution in [2.45, 2.75) is 33.1 Å². The van der Waals surface area contributed by atoms with Crippen molar-refractivity contribution in [2.75, 3.05) is 18.1 Å². The molecule has 0 N–H and O–H groups in total. The smallest absolute Gasteiger partial charge is 0.291 e. The van der Waals surface area contributed by atoms with Crippen LogP contribution in [-0.2, 0) is 4.79 Å². The van der Waals surface area contributed by atoms with Crippen LogP contribution in [0.5, 0.6) is 5.75 Å². The normalized spacial score (nSPS) is 14.8. The molecule has 4 aromatic rings. The second-order valence-electron chi connectivity index (χ2n) is 7.89. The van der Waals surface area contributed by atoms with Crippen molar-refractivity contribution in [3.05, 3.63) is 69.0 Å². The number of anilines is 1. The van der Waals surface area contributed by atoms with Crippen LogP contribution >= 0.6 is 11.3 Å². The summed E-state index contributed by atoms with van der Waals surface area (Å²) in [6.07, 6.45) is 3.35. The lowest BCUT2D eigenvalue weighted by molar-refractivity contribution is -0.113. The number of rotatable bonds is 7. The van der Waals surface area contributed by atoms with Gasteiger partial charge < -0.3 is 9.64 Å². The van der Waals surface area contributed by atoms with E-state index in [9.17, 15) is 9.59 Å². The number of carbonyl (C=O) groups is 1. The molecule has 2 aromatic carbocycles. The molecular formula is C25H24N4O3S. The Balaban J connectivity index is 1.49. The molecule has 1 aliphatic rings. The lowest BCUT2D eigenvalue weighted by atomic mass is 10.1. The van der Waals surface area contributed by atoms with E-state index in [-0.39, 0.29) is 11.5 Å². The molecule has 0 radical (unpaired) electrons. The Hall–Kier alpha value is -3.52. The lowest BCUT2D eigenvalue weighted by Crippen LogP contribution is -2.32. The van der Waals surface area contributed by atoms with E-state index in [1.54, 1.807) is 4.90 Å². The van der Waals surface area contributed by atoms with E-state index in [1.807, 2.05) is 55.5 Å². The third-order valence-corrected chi connectivity index (χ3v) is 6.78. The summed E-state index contributed by atoms with van der Waals surface area (Å²) in [6.45, 7) is 5.32. The van der Waals surface area contributed by atoms with Crippen LogP contribution in [-0.4, -0.2) is 33.7 Å². The van der Waals surface area contributed by atoms with Crippen LogP contribution in [0.1, 0.15) is 38.7 Å². The van der Waals surface area contributed by atoms with Crippen molar-refractivity contribution in [1.82, 2.24) is 14.6 Å². The molecule has 0 bridgehead atoms. The summed E-state index contributed by atoms with van der Waals surface area (Å²) in [5.74, 6) is 1.12. The van der Waals surface area contributed by atoms with Gasteiger partial charge in [0.05, 0.1) is 17.9 Å². The van der Waals surface area contributed by atoms with E-state index in [1.165, 1.54) is 15.9 Å². The second-order valence-corrected chi connectivity index (χ2v) is 8.87. The Kier molecular flexibility index (Phi) is 5.68. The van der Waals surface area contributed by atoms with Crippen LogP contribution in [0, 0.1) is 0 Å². The van der Waals surface area contributed by atoms with Crippen LogP contribution in [0.2, 0.25) is 0 Å². The van der Waals surface area contributed by atoms with Gasteiger partial charge in [-0.2, -0.15) is 9.50 Å². The number of hydrogen-bond acceptors (Lipinski definition) is 6. The Bertz CT molecular complexity index is 1440. The molecule has 0 saturated carbocycles. The molecule has 0 unspecified atom stereocenters. The Morgan fingerprint density at radius 1 is 1.00 bits per heavy atom. The Morgan fingerprint density at radius 2 is 1.79 bits per heavy atom. The van der Waals surface area contributed by atoms with E-state index in [2.05, 4.69) is 17.0 Å². The van der Waals surface area contributed by atoms with Gasteiger partial charge in [-0.25, -0.2) is 0 Å². The molecule has 0 fully saturated rings. The molecule has 33 heavy (non-hydrogen) atoms. The number of thiazole rings is 1. The number of amides is 1. The van der Waals surface area contributed by atoms with Gasteiger partial charge in [0.15, 0.2) is 5.82 Å².